The van der Waals surface area contributed by atoms with E-state index in [0.29, 0.717) is 18.7 Å². The topological polar surface area (TPSA) is 53.6 Å². The number of halogens is 2. The fourth-order valence-corrected chi connectivity index (χ4v) is 4.12. The van der Waals surface area contributed by atoms with Gasteiger partial charge in [0.1, 0.15) is 11.6 Å². The van der Waals surface area contributed by atoms with Crippen LogP contribution in [0.25, 0.3) is 0 Å². The number of likely N-dealkylation sites (N-methyl/N-ethyl adjacent to an activating group) is 1. The van der Waals surface area contributed by atoms with Crippen molar-refractivity contribution in [1.82, 2.24) is 15.5 Å². The Balaban J connectivity index is 0.000000499. The lowest BCUT2D eigenvalue weighted by Gasteiger charge is -2.17. The molecule has 0 aromatic heterocycles. The molecule has 0 aliphatic carbocycles. The summed E-state index contributed by atoms with van der Waals surface area (Å²) in [6.45, 7) is 10.6. The van der Waals surface area contributed by atoms with E-state index in [4.69, 9.17) is 4.74 Å². The molecule has 0 fully saturated rings. The molecule has 212 valence electrons. The van der Waals surface area contributed by atoms with Crippen molar-refractivity contribution >= 4 is 5.91 Å². The minimum absolute atomic E-state index is 0.00450. The molecule has 5 nitrogen and oxygen atoms in total. The van der Waals surface area contributed by atoms with Gasteiger partial charge in [0.05, 0.1) is 6.61 Å². The van der Waals surface area contributed by atoms with Crippen LogP contribution in [0.5, 0.6) is 0 Å². The number of amides is 1. The predicted octanol–water partition coefficient (Wildman–Crippen LogP) is 5.82. The van der Waals surface area contributed by atoms with E-state index in [1.807, 2.05) is 19.1 Å². The molecule has 7 heteroatoms. The van der Waals surface area contributed by atoms with E-state index in [0.717, 1.165) is 61.8 Å². The third-order valence-corrected chi connectivity index (χ3v) is 6.08. The van der Waals surface area contributed by atoms with Gasteiger partial charge in [0.25, 0.3) is 5.91 Å². The Labute approximate surface area is 232 Å². The zero-order valence-corrected chi connectivity index (χ0v) is 23.9. The molecule has 0 saturated carbocycles. The Morgan fingerprint density at radius 3 is 2.26 bits per heavy atom. The fourth-order valence-electron chi connectivity index (χ4n) is 4.12. The summed E-state index contributed by atoms with van der Waals surface area (Å²) in [6.07, 6.45) is 1.96. The van der Waals surface area contributed by atoms with Gasteiger partial charge in [-0.15, -0.1) is 0 Å². The first-order chi connectivity index (χ1) is 18.7. The first kappa shape index (κ1) is 32.1. The lowest BCUT2D eigenvalue weighted by Crippen LogP contribution is -2.27. The number of hydrogen-bond acceptors (Lipinski definition) is 4. The third kappa shape index (κ3) is 13.0. The molecule has 3 aromatic carbocycles. The molecule has 0 spiro atoms. The number of methoxy groups -OCH3 is 1. The van der Waals surface area contributed by atoms with Crippen molar-refractivity contribution in [3.8, 4) is 0 Å². The Morgan fingerprint density at radius 1 is 0.897 bits per heavy atom. The van der Waals surface area contributed by atoms with Crippen LogP contribution in [0.3, 0.4) is 0 Å². The number of rotatable bonds is 13. The minimum Gasteiger partial charge on any atom is -0.383 e. The smallest absolute Gasteiger partial charge is 0.251 e. The maximum absolute atomic E-state index is 12.6. The highest BCUT2D eigenvalue weighted by Gasteiger charge is 2.09. The third-order valence-electron chi connectivity index (χ3n) is 6.08. The standard InChI is InChI=1S/C25H37N3O2.C7H6F2/c1-5-21-8-6-9-22(16-21)18-26-10-7-11-27-25(29)24-15-20(2)14-23(17-24)19-28(3)12-13-30-4;1-5-2-6(8)4-7(9)3-5/h6,8-9,14-17,26H,5,7,10-13,18-19H2,1-4H3,(H,27,29);2-4H,1H3. The van der Waals surface area contributed by atoms with Gasteiger partial charge >= 0.3 is 0 Å². The van der Waals surface area contributed by atoms with Crippen molar-refractivity contribution < 1.29 is 18.3 Å². The van der Waals surface area contributed by atoms with Crippen molar-refractivity contribution in [1.29, 1.82) is 0 Å². The molecule has 0 bridgehead atoms. The first-order valence-corrected chi connectivity index (χ1v) is 13.5. The molecule has 0 saturated heterocycles. The molecule has 2 N–H and O–H groups in total. The molecule has 3 rings (SSSR count). The molecule has 0 radical (unpaired) electrons. The number of ether oxygens (including phenoxy) is 1. The van der Waals surface area contributed by atoms with E-state index in [1.54, 1.807) is 14.0 Å². The highest BCUT2D eigenvalue weighted by Crippen LogP contribution is 2.12. The second kappa shape index (κ2) is 17.5. The van der Waals surface area contributed by atoms with Crippen molar-refractivity contribution in [3.63, 3.8) is 0 Å². The van der Waals surface area contributed by atoms with E-state index < -0.39 is 11.6 Å². The Morgan fingerprint density at radius 2 is 1.59 bits per heavy atom. The average Bonchev–Trinajstić information content (AvgIpc) is 2.88. The lowest BCUT2D eigenvalue weighted by molar-refractivity contribution is 0.0953. The monoisotopic (exact) mass is 539 g/mol. The largest absolute Gasteiger partial charge is 0.383 e. The molecular formula is C32H43F2N3O2. The number of nitrogens with one attached hydrogen (secondary N) is 2. The number of hydrogen-bond donors (Lipinski definition) is 2. The molecular weight excluding hydrogens is 496 g/mol. The summed E-state index contributed by atoms with van der Waals surface area (Å²) in [4.78, 5) is 14.8. The number of carbonyl (C=O) groups excluding carboxylic acids is 1. The van der Waals surface area contributed by atoms with Crippen LogP contribution in [0, 0.1) is 25.5 Å². The Bertz CT molecular complexity index is 1120. The fraction of sp³-hybridized carbons (Fsp3) is 0.406. The van der Waals surface area contributed by atoms with Gasteiger partial charge in [-0.2, -0.15) is 0 Å². The van der Waals surface area contributed by atoms with Gasteiger partial charge in [-0.3, -0.25) is 9.69 Å². The van der Waals surface area contributed by atoms with Gasteiger partial charge < -0.3 is 15.4 Å². The van der Waals surface area contributed by atoms with Crippen LogP contribution in [-0.4, -0.2) is 51.2 Å². The van der Waals surface area contributed by atoms with Gasteiger partial charge in [0.2, 0.25) is 0 Å². The zero-order valence-electron chi connectivity index (χ0n) is 23.9. The minimum atomic E-state index is -0.521. The predicted molar refractivity (Wildman–Crippen MR) is 155 cm³/mol. The van der Waals surface area contributed by atoms with Gasteiger partial charge in [0.15, 0.2) is 0 Å². The quantitative estimate of drug-likeness (QED) is 0.269. The van der Waals surface area contributed by atoms with Crippen LogP contribution in [0.1, 0.15) is 51.5 Å². The summed E-state index contributed by atoms with van der Waals surface area (Å²) < 4.78 is 29.5. The van der Waals surface area contributed by atoms with Crippen molar-refractivity contribution in [2.24, 2.45) is 0 Å². The van der Waals surface area contributed by atoms with Crippen LogP contribution in [0.2, 0.25) is 0 Å². The molecule has 0 atom stereocenters. The molecule has 0 aliphatic heterocycles. The summed E-state index contributed by atoms with van der Waals surface area (Å²) in [5.74, 6) is -1.05. The van der Waals surface area contributed by atoms with Gasteiger partial charge in [0, 0.05) is 44.9 Å². The molecule has 0 aliphatic rings. The van der Waals surface area contributed by atoms with Crippen molar-refractivity contribution in [2.75, 3.05) is 40.4 Å². The summed E-state index contributed by atoms with van der Waals surface area (Å²) in [5, 5.41) is 6.50. The molecule has 3 aromatic rings. The number of aryl methyl sites for hydroxylation is 3. The summed E-state index contributed by atoms with van der Waals surface area (Å²) >= 11 is 0. The maximum Gasteiger partial charge on any atom is 0.251 e. The van der Waals surface area contributed by atoms with Crippen LogP contribution in [0.4, 0.5) is 8.78 Å². The number of nitrogens with zero attached hydrogens (tertiary/aromatic N) is 1. The van der Waals surface area contributed by atoms with Gasteiger partial charge in [-0.05, 0) is 86.8 Å². The second-order valence-electron chi connectivity index (χ2n) is 9.84. The molecule has 39 heavy (non-hydrogen) atoms. The van der Waals surface area contributed by atoms with Crippen molar-refractivity contribution in [3.05, 3.63) is 106 Å². The van der Waals surface area contributed by atoms with E-state index in [-0.39, 0.29) is 5.91 Å². The summed E-state index contributed by atoms with van der Waals surface area (Å²) in [7, 11) is 3.77. The SMILES string of the molecule is CCc1cccc(CNCCCNC(=O)c2cc(C)cc(CN(C)CCOC)c2)c1.Cc1cc(F)cc(F)c1. The summed E-state index contributed by atoms with van der Waals surface area (Å²) in [6, 6.07) is 18.2. The van der Waals surface area contributed by atoms with E-state index >= 15 is 0 Å². The number of benzene rings is 3. The lowest BCUT2D eigenvalue weighted by atomic mass is 10.1. The second-order valence-corrected chi connectivity index (χ2v) is 9.84. The normalized spacial score (nSPS) is 10.8. The van der Waals surface area contributed by atoms with E-state index in [9.17, 15) is 13.6 Å². The first-order valence-electron chi connectivity index (χ1n) is 13.5. The van der Waals surface area contributed by atoms with Crippen molar-refractivity contribution in [2.45, 2.75) is 46.7 Å². The van der Waals surface area contributed by atoms with Crippen LogP contribution >= 0.6 is 0 Å². The maximum atomic E-state index is 12.6. The van der Waals surface area contributed by atoms with Crippen LogP contribution < -0.4 is 10.6 Å². The van der Waals surface area contributed by atoms with Gasteiger partial charge in [-0.25, -0.2) is 8.78 Å². The summed E-state index contributed by atoms with van der Waals surface area (Å²) in [5.41, 5.74) is 6.26. The Hall–Kier alpha value is -3.13. The van der Waals surface area contributed by atoms with E-state index in [1.165, 1.54) is 23.3 Å². The van der Waals surface area contributed by atoms with Crippen LogP contribution in [-0.2, 0) is 24.2 Å². The van der Waals surface area contributed by atoms with E-state index in [2.05, 4.69) is 59.8 Å². The number of carbonyl (C=O) groups is 1. The average molecular weight is 540 g/mol. The van der Waals surface area contributed by atoms with Crippen LogP contribution in [0.15, 0.2) is 60.7 Å². The molecule has 0 heterocycles. The highest BCUT2D eigenvalue weighted by atomic mass is 19.1. The van der Waals surface area contributed by atoms with Gasteiger partial charge in [-0.1, -0.05) is 42.8 Å². The Kier molecular flexibility index (Phi) is 14.4. The molecule has 1 amide bonds. The highest BCUT2D eigenvalue weighted by molar-refractivity contribution is 5.94. The molecule has 0 unspecified atom stereocenters. The zero-order chi connectivity index (χ0) is 28.6.